The maximum absolute atomic E-state index is 13.2. The number of hydrogen-bond donors (Lipinski definition) is 2. The third kappa shape index (κ3) is 8.99. The minimum atomic E-state index is -0.783. The number of likely N-dealkylation sites (tertiary alicyclic amines) is 1. The first-order chi connectivity index (χ1) is 23.2. The van der Waals surface area contributed by atoms with Crippen molar-refractivity contribution in [1.29, 1.82) is 0 Å². The van der Waals surface area contributed by atoms with E-state index in [0.29, 0.717) is 35.1 Å². The van der Waals surface area contributed by atoms with E-state index < -0.39 is 29.2 Å². The van der Waals surface area contributed by atoms with Gasteiger partial charge in [0.1, 0.15) is 17.2 Å². The fraction of sp³-hybridized carbons (Fsp3) is 0.316. The van der Waals surface area contributed by atoms with Crippen LogP contribution in [0.1, 0.15) is 86.2 Å². The van der Waals surface area contributed by atoms with E-state index in [1.165, 1.54) is 0 Å². The van der Waals surface area contributed by atoms with Crippen molar-refractivity contribution >= 4 is 34.8 Å². The van der Waals surface area contributed by atoms with E-state index in [0.717, 1.165) is 23.1 Å². The van der Waals surface area contributed by atoms with Crippen LogP contribution >= 0.6 is 0 Å². The molecule has 5 rings (SSSR count). The number of nitrogens with zero attached hydrogens (tertiary/aromatic N) is 3. The molecule has 2 N–H and O–H groups in total. The van der Waals surface area contributed by atoms with Crippen molar-refractivity contribution in [1.82, 2.24) is 25.7 Å². The Morgan fingerprint density at radius 1 is 0.837 bits per heavy atom. The zero-order valence-electron chi connectivity index (χ0n) is 28.4. The van der Waals surface area contributed by atoms with Crippen LogP contribution in [0.4, 0.5) is 4.79 Å². The van der Waals surface area contributed by atoms with Crippen molar-refractivity contribution in [3.8, 4) is 23.1 Å². The van der Waals surface area contributed by atoms with Crippen LogP contribution in [0.2, 0.25) is 0 Å². The maximum atomic E-state index is 13.2. The molecular formula is C38H39N5O6. The summed E-state index contributed by atoms with van der Waals surface area (Å²) in [6.45, 7) is 11.1. The lowest BCUT2D eigenvalue weighted by atomic mass is 10.0. The summed E-state index contributed by atoms with van der Waals surface area (Å²) in [4.78, 5) is 61.5. The van der Waals surface area contributed by atoms with Crippen LogP contribution in [0.25, 0.3) is 22.2 Å². The van der Waals surface area contributed by atoms with E-state index in [1.54, 1.807) is 74.5 Å². The smallest absolute Gasteiger partial charge is 0.426 e. The van der Waals surface area contributed by atoms with Crippen molar-refractivity contribution in [2.24, 2.45) is 0 Å². The highest BCUT2D eigenvalue weighted by molar-refractivity contribution is 6.07. The van der Waals surface area contributed by atoms with E-state index >= 15 is 0 Å². The molecule has 3 heterocycles. The standard InChI is InChI=1S/C38H39N5O6/c1-37(2,3)48-35(46)32-8-7-21-43(32)34(45)27-17-13-25(14-18-27)10-9-24-11-15-26(16-12-24)31-22-28(29-23-39-20-19-30(29)40-31)33(44)41-42-36(47)49-38(4,5)6/h11-20,22-23,32H,7-8,21H2,1-6H3,(H,41,44)(H,42,47). The summed E-state index contributed by atoms with van der Waals surface area (Å²) in [5.74, 6) is 5.13. The molecule has 11 heteroatoms. The Kier molecular flexibility index (Phi) is 9.99. The predicted octanol–water partition coefficient (Wildman–Crippen LogP) is 5.81. The minimum Gasteiger partial charge on any atom is -0.458 e. The number of amides is 3. The largest absolute Gasteiger partial charge is 0.458 e. The Balaban J connectivity index is 1.27. The SMILES string of the molecule is CC(C)(C)OC(=O)NNC(=O)c1cc(-c2ccc(C#Cc3ccc(C(=O)N4CCCC4C(=O)OC(C)(C)C)cc3)cc2)nc2ccncc12. The van der Waals surface area contributed by atoms with Crippen LogP contribution in [-0.2, 0) is 14.3 Å². The van der Waals surface area contributed by atoms with Gasteiger partial charge in [0, 0.05) is 46.6 Å². The number of rotatable bonds is 4. The van der Waals surface area contributed by atoms with Gasteiger partial charge < -0.3 is 14.4 Å². The van der Waals surface area contributed by atoms with Gasteiger partial charge >= 0.3 is 12.1 Å². The van der Waals surface area contributed by atoms with Crippen molar-refractivity contribution in [2.75, 3.05) is 6.54 Å². The van der Waals surface area contributed by atoms with Crippen LogP contribution in [-0.4, -0.2) is 62.5 Å². The van der Waals surface area contributed by atoms with E-state index in [4.69, 9.17) is 14.5 Å². The molecule has 1 fully saturated rings. The van der Waals surface area contributed by atoms with Gasteiger partial charge in [0.25, 0.3) is 11.8 Å². The van der Waals surface area contributed by atoms with Crippen LogP contribution in [0, 0.1) is 11.8 Å². The summed E-state index contributed by atoms with van der Waals surface area (Å²) in [5, 5.41) is 0.522. The average molecular weight is 662 g/mol. The van der Waals surface area contributed by atoms with Crippen molar-refractivity contribution in [3.63, 3.8) is 0 Å². The number of fused-ring (bicyclic) bond motifs is 1. The minimum absolute atomic E-state index is 0.207. The molecule has 252 valence electrons. The second-order valence-electron chi connectivity index (χ2n) is 13.6. The van der Waals surface area contributed by atoms with Crippen molar-refractivity contribution < 1.29 is 28.7 Å². The van der Waals surface area contributed by atoms with Crippen LogP contribution < -0.4 is 10.9 Å². The Hall–Kier alpha value is -5.76. The summed E-state index contributed by atoms with van der Waals surface area (Å²) < 4.78 is 10.7. The first-order valence-electron chi connectivity index (χ1n) is 16.0. The molecule has 4 aromatic rings. The van der Waals surface area contributed by atoms with Gasteiger partial charge in [-0.15, -0.1) is 0 Å². The van der Waals surface area contributed by atoms with E-state index in [-0.39, 0.29) is 17.4 Å². The normalized spacial score (nSPS) is 14.4. The summed E-state index contributed by atoms with van der Waals surface area (Å²) in [7, 11) is 0. The van der Waals surface area contributed by atoms with E-state index in [9.17, 15) is 19.2 Å². The van der Waals surface area contributed by atoms with Gasteiger partial charge in [0.15, 0.2) is 0 Å². The predicted molar refractivity (Wildman–Crippen MR) is 184 cm³/mol. The zero-order valence-corrected chi connectivity index (χ0v) is 28.4. The van der Waals surface area contributed by atoms with Crippen LogP contribution in [0.3, 0.4) is 0 Å². The lowest BCUT2D eigenvalue weighted by Crippen LogP contribution is -2.44. The molecule has 2 aromatic carbocycles. The molecule has 1 aliphatic heterocycles. The number of carbonyl (C=O) groups excluding carboxylic acids is 4. The molecule has 2 aromatic heterocycles. The molecule has 1 saturated heterocycles. The third-order valence-electron chi connectivity index (χ3n) is 7.39. The monoisotopic (exact) mass is 661 g/mol. The topological polar surface area (TPSA) is 140 Å². The van der Waals surface area contributed by atoms with Gasteiger partial charge in [0.05, 0.1) is 16.8 Å². The molecule has 0 saturated carbocycles. The fourth-order valence-corrected chi connectivity index (χ4v) is 5.24. The Morgan fingerprint density at radius 2 is 1.47 bits per heavy atom. The van der Waals surface area contributed by atoms with Gasteiger partial charge in [-0.25, -0.2) is 20.0 Å². The van der Waals surface area contributed by atoms with Gasteiger partial charge in [-0.05, 0) is 103 Å². The average Bonchev–Trinajstić information content (AvgIpc) is 3.55. The molecule has 11 nitrogen and oxygen atoms in total. The lowest BCUT2D eigenvalue weighted by Gasteiger charge is -2.27. The van der Waals surface area contributed by atoms with Gasteiger partial charge in [0.2, 0.25) is 0 Å². The number of nitrogens with one attached hydrogen (secondary N) is 2. The van der Waals surface area contributed by atoms with Gasteiger partial charge in [-0.3, -0.25) is 20.0 Å². The first kappa shape index (κ1) is 34.6. The third-order valence-corrected chi connectivity index (χ3v) is 7.39. The molecular weight excluding hydrogens is 622 g/mol. The molecule has 1 aliphatic rings. The number of esters is 1. The Morgan fingerprint density at radius 3 is 2.10 bits per heavy atom. The Bertz CT molecular complexity index is 1950. The number of hydrazine groups is 1. The second kappa shape index (κ2) is 14.2. The number of hydrogen-bond acceptors (Lipinski definition) is 8. The van der Waals surface area contributed by atoms with Crippen molar-refractivity contribution in [3.05, 3.63) is 95.3 Å². The molecule has 0 radical (unpaired) electrons. The fourth-order valence-electron chi connectivity index (χ4n) is 5.24. The summed E-state index contributed by atoms with van der Waals surface area (Å²) >= 11 is 0. The molecule has 1 atom stereocenters. The highest BCUT2D eigenvalue weighted by Gasteiger charge is 2.37. The number of ether oxygens (including phenoxy) is 2. The number of benzene rings is 2. The molecule has 49 heavy (non-hydrogen) atoms. The van der Waals surface area contributed by atoms with Gasteiger partial charge in [-0.2, -0.15) is 0 Å². The summed E-state index contributed by atoms with van der Waals surface area (Å²) in [5.41, 5.74) is 7.44. The van der Waals surface area contributed by atoms with E-state index in [2.05, 4.69) is 27.7 Å². The van der Waals surface area contributed by atoms with Gasteiger partial charge in [-0.1, -0.05) is 24.0 Å². The maximum Gasteiger partial charge on any atom is 0.426 e. The lowest BCUT2D eigenvalue weighted by molar-refractivity contribution is -0.159. The molecule has 1 unspecified atom stereocenters. The van der Waals surface area contributed by atoms with Crippen LogP contribution in [0.5, 0.6) is 0 Å². The van der Waals surface area contributed by atoms with E-state index in [1.807, 2.05) is 45.0 Å². The Labute approximate surface area is 285 Å². The summed E-state index contributed by atoms with van der Waals surface area (Å²) in [6.07, 6.45) is 3.68. The second-order valence-corrected chi connectivity index (χ2v) is 13.6. The van der Waals surface area contributed by atoms with Crippen molar-refractivity contribution in [2.45, 2.75) is 71.6 Å². The first-order valence-corrected chi connectivity index (χ1v) is 16.0. The highest BCUT2D eigenvalue weighted by atomic mass is 16.6. The molecule has 3 amide bonds. The summed E-state index contributed by atoms with van der Waals surface area (Å²) in [6, 6.07) is 17.2. The molecule has 0 spiro atoms. The number of pyridine rings is 2. The zero-order chi connectivity index (χ0) is 35.3. The van der Waals surface area contributed by atoms with Crippen LogP contribution in [0.15, 0.2) is 73.1 Å². The number of aromatic nitrogens is 2. The molecule has 0 bridgehead atoms. The highest BCUT2D eigenvalue weighted by Crippen LogP contribution is 2.26. The number of carbonyl (C=O) groups is 4. The molecule has 0 aliphatic carbocycles. The quantitative estimate of drug-likeness (QED) is 0.159.